The zero-order valence-electron chi connectivity index (χ0n) is 18.6. The molecule has 1 heterocycles. The molecule has 0 bridgehead atoms. The Morgan fingerprint density at radius 1 is 0.838 bits per heavy atom. The van der Waals surface area contributed by atoms with Crippen LogP contribution in [0, 0.1) is 0 Å². The number of nitrogens with one attached hydrogen (secondary N) is 1. The number of pyridine rings is 1. The molecule has 3 aromatic rings. The molecule has 0 saturated heterocycles. The summed E-state index contributed by atoms with van der Waals surface area (Å²) in [6.07, 6.45) is -9.13. The van der Waals surface area contributed by atoms with Crippen molar-refractivity contribution in [3.63, 3.8) is 0 Å². The molecular formula is C22H16F6N2O5S2. The Kier molecular flexibility index (Phi) is 7.43. The topological polar surface area (TPSA) is 110 Å². The van der Waals surface area contributed by atoms with E-state index >= 15 is 0 Å². The number of alkyl halides is 6. The summed E-state index contributed by atoms with van der Waals surface area (Å²) >= 11 is 0. The molecule has 2 aromatic carbocycles. The van der Waals surface area contributed by atoms with Crippen molar-refractivity contribution in [3.8, 4) is 0 Å². The van der Waals surface area contributed by atoms with Crippen LogP contribution in [0.3, 0.4) is 0 Å². The van der Waals surface area contributed by atoms with Gasteiger partial charge in [0.25, 0.3) is 5.91 Å². The lowest BCUT2D eigenvalue weighted by molar-refractivity contribution is -0.141. The Hall–Kier alpha value is -3.46. The van der Waals surface area contributed by atoms with Crippen molar-refractivity contribution in [1.29, 1.82) is 0 Å². The molecule has 0 spiro atoms. The highest BCUT2D eigenvalue weighted by Gasteiger charge is 2.35. The van der Waals surface area contributed by atoms with Gasteiger partial charge in [-0.15, -0.1) is 0 Å². The van der Waals surface area contributed by atoms with Crippen molar-refractivity contribution >= 4 is 25.6 Å². The number of carbonyl (C=O) groups excluding carboxylic acids is 1. The third-order valence-electron chi connectivity index (χ3n) is 4.89. The summed E-state index contributed by atoms with van der Waals surface area (Å²) in [5, 5.41) is 1.34. The fourth-order valence-corrected chi connectivity index (χ4v) is 4.93. The summed E-state index contributed by atoms with van der Waals surface area (Å²) in [6.45, 7) is -0.291. The Morgan fingerprint density at radius 3 is 2.00 bits per heavy atom. The van der Waals surface area contributed by atoms with Crippen LogP contribution < -0.4 is 5.32 Å². The number of sulfone groups is 2. The lowest BCUT2D eigenvalue weighted by atomic mass is 10.2. The van der Waals surface area contributed by atoms with E-state index in [2.05, 4.69) is 10.3 Å². The summed E-state index contributed by atoms with van der Waals surface area (Å²) < 4.78 is 127. The van der Waals surface area contributed by atoms with Gasteiger partial charge in [-0.25, -0.2) is 21.8 Å². The van der Waals surface area contributed by atoms with Gasteiger partial charge in [-0.3, -0.25) is 4.79 Å². The van der Waals surface area contributed by atoms with Crippen molar-refractivity contribution in [2.24, 2.45) is 0 Å². The highest BCUT2D eigenvalue weighted by molar-refractivity contribution is 7.91. The number of aromatic nitrogens is 1. The lowest BCUT2D eigenvalue weighted by Gasteiger charge is -2.12. The highest BCUT2D eigenvalue weighted by atomic mass is 32.2. The number of halogens is 6. The van der Waals surface area contributed by atoms with Crippen molar-refractivity contribution in [2.75, 3.05) is 6.26 Å². The number of hydrogen-bond acceptors (Lipinski definition) is 6. The van der Waals surface area contributed by atoms with Gasteiger partial charge in [0.1, 0.15) is 5.69 Å². The average molecular weight is 567 g/mol. The maximum atomic E-state index is 13.1. The lowest BCUT2D eigenvalue weighted by Crippen LogP contribution is -2.24. The number of benzene rings is 2. The minimum atomic E-state index is -5.02. The number of nitrogens with zero attached hydrogens (tertiary/aromatic N) is 1. The molecule has 3 rings (SSSR count). The molecule has 0 aliphatic rings. The SMILES string of the molecule is CS(=O)(=O)c1cc(C(=O)NCc2ccc(S(=O)(=O)c3cccc(C(F)(F)F)c3)cc2)cc(C(F)(F)F)n1. The van der Waals surface area contributed by atoms with Crippen LogP contribution >= 0.6 is 0 Å². The van der Waals surface area contributed by atoms with E-state index in [4.69, 9.17) is 0 Å². The van der Waals surface area contributed by atoms with Gasteiger partial charge in [-0.2, -0.15) is 26.3 Å². The van der Waals surface area contributed by atoms with E-state index in [1.54, 1.807) is 0 Å². The maximum absolute atomic E-state index is 13.1. The Morgan fingerprint density at radius 2 is 1.46 bits per heavy atom. The van der Waals surface area contributed by atoms with Crippen LogP contribution in [0.5, 0.6) is 0 Å². The quantitative estimate of drug-likeness (QED) is 0.446. The molecule has 0 unspecified atom stereocenters. The van der Waals surface area contributed by atoms with Crippen LogP contribution in [-0.2, 0) is 38.6 Å². The van der Waals surface area contributed by atoms with Gasteiger partial charge < -0.3 is 5.32 Å². The van der Waals surface area contributed by atoms with Crippen molar-refractivity contribution in [1.82, 2.24) is 10.3 Å². The molecule has 0 radical (unpaired) electrons. The van der Waals surface area contributed by atoms with Crippen LogP contribution in [0.2, 0.25) is 0 Å². The fraction of sp³-hybridized carbons (Fsp3) is 0.182. The van der Waals surface area contributed by atoms with E-state index in [1.807, 2.05) is 0 Å². The Bertz CT molecular complexity index is 1550. The molecule has 0 atom stereocenters. The summed E-state index contributed by atoms with van der Waals surface area (Å²) in [4.78, 5) is 14.5. The summed E-state index contributed by atoms with van der Waals surface area (Å²) in [5.74, 6) is -1.06. The van der Waals surface area contributed by atoms with Gasteiger partial charge in [-0.1, -0.05) is 18.2 Å². The van der Waals surface area contributed by atoms with E-state index in [0.717, 1.165) is 30.3 Å². The minimum Gasteiger partial charge on any atom is -0.348 e. The van der Waals surface area contributed by atoms with Gasteiger partial charge in [0.2, 0.25) is 9.84 Å². The van der Waals surface area contributed by atoms with E-state index in [1.165, 1.54) is 12.1 Å². The van der Waals surface area contributed by atoms with E-state index < -0.39 is 64.7 Å². The molecule has 0 aliphatic carbocycles. The second kappa shape index (κ2) is 9.78. The predicted octanol–water partition coefficient (Wildman–Crippen LogP) is 4.29. The predicted molar refractivity (Wildman–Crippen MR) is 117 cm³/mol. The first-order valence-electron chi connectivity index (χ1n) is 9.98. The van der Waals surface area contributed by atoms with E-state index in [0.29, 0.717) is 30.0 Å². The smallest absolute Gasteiger partial charge is 0.348 e. The fourth-order valence-electron chi connectivity index (χ4n) is 3.02. The van der Waals surface area contributed by atoms with Gasteiger partial charge in [0, 0.05) is 18.4 Å². The standard InChI is InChI=1S/C22H16F6N2O5S2/c1-36(32,33)19-10-14(9-18(30-19)22(26,27)28)20(31)29-12-13-5-7-16(8-6-13)37(34,35)17-4-2-3-15(11-17)21(23,24)25/h2-11H,12H2,1H3,(H,29,31). The zero-order valence-corrected chi connectivity index (χ0v) is 20.2. The number of rotatable bonds is 6. The van der Waals surface area contributed by atoms with Crippen LogP contribution in [0.1, 0.15) is 27.2 Å². The molecule has 1 N–H and O–H groups in total. The molecule has 0 fully saturated rings. The second-order valence-electron chi connectivity index (χ2n) is 7.70. The van der Waals surface area contributed by atoms with Crippen LogP contribution in [-0.4, -0.2) is 34.0 Å². The molecular weight excluding hydrogens is 550 g/mol. The third-order valence-corrected chi connectivity index (χ3v) is 7.63. The first-order valence-corrected chi connectivity index (χ1v) is 13.4. The summed E-state index contributed by atoms with van der Waals surface area (Å²) in [7, 11) is -8.48. The summed E-state index contributed by atoms with van der Waals surface area (Å²) in [5.41, 5.74) is -3.04. The van der Waals surface area contributed by atoms with Crippen LogP contribution in [0.4, 0.5) is 26.3 Å². The highest BCUT2D eigenvalue weighted by Crippen LogP contribution is 2.32. The number of hydrogen-bond donors (Lipinski definition) is 1. The second-order valence-corrected chi connectivity index (χ2v) is 11.6. The maximum Gasteiger partial charge on any atom is 0.433 e. The molecule has 198 valence electrons. The van der Waals surface area contributed by atoms with Gasteiger partial charge in [-0.05, 0) is 48.0 Å². The number of carbonyl (C=O) groups is 1. The van der Waals surface area contributed by atoms with E-state index in [9.17, 15) is 48.0 Å². The molecule has 37 heavy (non-hydrogen) atoms. The largest absolute Gasteiger partial charge is 0.433 e. The van der Waals surface area contributed by atoms with Crippen molar-refractivity contribution in [3.05, 3.63) is 83.0 Å². The molecule has 1 aromatic heterocycles. The molecule has 1 amide bonds. The van der Waals surface area contributed by atoms with Crippen LogP contribution in [0.25, 0.3) is 0 Å². The van der Waals surface area contributed by atoms with Crippen molar-refractivity contribution < 1.29 is 48.0 Å². The van der Waals surface area contributed by atoms with Gasteiger partial charge in [0.15, 0.2) is 14.9 Å². The van der Waals surface area contributed by atoms with E-state index in [-0.39, 0.29) is 11.4 Å². The van der Waals surface area contributed by atoms with Crippen molar-refractivity contribution in [2.45, 2.75) is 33.7 Å². The van der Waals surface area contributed by atoms with Gasteiger partial charge in [0.05, 0.1) is 15.4 Å². The van der Waals surface area contributed by atoms with Crippen LogP contribution in [0.15, 0.2) is 75.5 Å². The molecule has 0 saturated carbocycles. The summed E-state index contributed by atoms with van der Waals surface area (Å²) in [6, 6.07) is 8.93. The van der Waals surface area contributed by atoms with Gasteiger partial charge >= 0.3 is 12.4 Å². The normalized spacial score (nSPS) is 12.8. The third kappa shape index (κ3) is 6.65. The first kappa shape index (κ1) is 28.1. The minimum absolute atomic E-state index is 0.291. The number of amides is 1. The Labute approximate surface area is 207 Å². The monoisotopic (exact) mass is 566 g/mol. The molecule has 0 aliphatic heterocycles. The molecule has 7 nitrogen and oxygen atoms in total. The first-order chi connectivity index (χ1) is 16.9. The Balaban J connectivity index is 1.80. The average Bonchev–Trinajstić information content (AvgIpc) is 2.81. The zero-order chi connectivity index (χ0) is 27.8. The molecule has 15 heteroatoms.